The zero-order valence-electron chi connectivity index (χ0n) is 14.2. The summed E-state index contributed by atoms with van der Waals surface area (Å²) in [5.74, 6) is 1.63. The van der Waals surface area contributed by atoms with Crippen molar-refractivity contribution in [1.29, 1.82) is 0 Å². The second kappa shape index (κ2) is 10.2. The van der Waals surface area contributed by atoms with Crippen molar-refractivity contribution in [3.05, 3.63) is 24.2 Å². The number of nitrogens with one attached hydrogen (secondary N) is 2. The molecule has 0 aliphatic carbocycles. The molecule has 0 amide bonds. The summed E-state index contributed by atoms with van der Waals surface area (Å²) in [4.78, 5) is 4.54. The number of hydrogen-bond donors (Lipinski definition) is 2. The van der Waals surface area contributed by atoms with Crippen molar-refractivity contribution >= 4 is 40.0 Å². The van der Waals surface area contributed by atoms with E-state index in [1.807, 2.05) is 19.1 Å². The fourth-order valence-corrected chi connectivity index (χ4v) is 3.90. The van der Waals surface area contributed by atoms with Gasteiger partial charge in [0.2, 0.25) is 10.0 Å². The maximum Gasteiger partial charge on any atom is 0.211 e. The van der Waals surface area contributed by atoms with Gasteiger partial charge in [0.1, 0.15) is 5.76 Å². The Bertz CT molecular complexity index is 604. The van der Waals surface area contributed by atoms with Crippen molar-refractivity contribution in [3.8, 4) is 0 Å². The van der Waals surface area contributed by atoms with Gasteiger partial charge in [0, 0.05) is 32.1 Å². The van der Waals surface area contributed by atoms with E-state index in [1.165, 1.54) is 6.26 Å². The second-order valence-electron chi connectivity index (χ2n) is 5.65. The lowest BCUT2D eigenvalue weighted by molar-refractivity contribution is 0.396. The van der Waals surface area contributed by atoms with Crippen molar-refractivity contribution in [2.45, 2.75) is 32.2 Å². The maximum absolute atomic E-state index is 11.8. The third-order valence-electron chi connectivity index (χ3n) is 3.80. The van der Waals surface area contributed by atoms with Gasteiger partial charge >= 0.3 is 0 Å². The van der Waals surface area contributed by atoms with E-state index in [4.69, 9.17) is 4.42 Å². The summed E-state index contributed by atoms with van der Waals surface area (Å²) in [5.41, 5.74) is 0. The molecule has 0 saturated carbocycles. The van der Waals surface area contributed by atoms with Gasteiger partial charge in [-0.25, -0.2) is 8.42 Å². The zero-order chi connectivity index (χ0) is 16.7. The van der Waals surface area contributed by atoms with Crippen LogP contribution in [0.3, 0.4) is 0 Å². The van der Waals surface area contributed by atoms with Crippen molar-refractivity contribution in [2.24, 2.45) is 4.99 Å². The molecule has 2 rings (SSSR count). The quantitative estimate of drug-likeness (QED) is 0.358. The number of halogens is 1. The highest BCUT2D eigenvalue weighted by atomic mass is 127. The molecule has 2 heterocycles. The van der Waals surface area contributed by atoms with Gasteiger partial charge in [-0.3, -0.25) is 4.99 Å². The zero-order valence-corrected chi connectivity index (χ0v) is 17.3. The van der Waals surface area contributed by atoms with Crippen LogP contribution in [-0.2, 0) is 16.4 Å². The van der Waals surface area contributed by atoms with E-state index >= 15 is 0 Å². The van der Waals surface area contributed by atoms with Crippen LogP contribution < -0.4 is 10.6 Å². The average Bonchev–Trinajstić information content (AvgIpc) is 3.15. The molecular weight excluding hydrogens is 443 g/mol. The molecule has 0 aromatic carbocycles. The van der Waals surface area contributed by atoms with E-state index in [0.717, 1.165) is 31.6 Å². The molecule has 0 spiro atoms. The molecule has 1 saturated heterocycles. The largest absolute Gasteiger partial charge is 0.469 e. The first-order valence-electron chi connectivity index (χ1n) is 8.02. The minimum atomic E-state index is -3.15. The fourth-order valence-electron chi connectivity index (χ4n) is 2.73. The molecule has 9 heteroatoms. The fraction of sp³-hybridized carbons (Fsp3) is 0.667. The summed E-state index contributed by atoms with van der Waals surface area (Å²) in [6, 6.07) is 3.77. The monoisotopic (exact) mass is 470 g/mol. The summed E-state index contributed by atoms with van der Waals surface area (Å²) in [6.45, 7) is 4.54. The predicted octanol–water partition coefficient (Wildman–Crippen LogP) is 1.42. The van der Waals surface area contributed by atoms with Crippen molar-refractivity contribution in [1.82, 2.24) is 14.9 Å². The van der Waals surface area contributed by atoms with E-state index < -0.39 is 10.0 Å². The number of nitrogens with zero attached hydrogens (tertiary/aromatic N) is 2. The van der Waals surface area contributed by atoms with Crippen LogP contribution in [0.4, 0.5) is 0 Å². The lowest BCUT2D eigenvalue weighted by Crippen LogP contribution is -2.41. The predicted molar refractivity (Wildman–Crippen MR) is 106 cm³/mol. The summed E-state index contributed by atoms with van der Waals surface area (Å²) < 4.78 is 30.4. The molecule has 1 aromatic rings. The Morgan fingerprint density at radius 1 is 1.46 bits per heavy atom. The van der Waals surface area contributed by atoms with Crippen LogP contribution in [-0.4, -0.2) is 57.2 Å². The molecule has 138 valence electrons. The second-order valence-corrected chi connectivity index (χ2v) is 7.58. The molecule has 1 atom stereocenters. The SMILES string of the molecule is CCNC(=NC[C@H]1CCCN1S(C)(=O)=O)NCCc1ccco1.I. The Hall–Kier alpha value is -0.810. The Balaban J connectivity index is 0.00000288. The highest BCUT2D eigenvalue weighted by molar-refractivity contribution is 14.0. The number of guanidine groups is 1. The average molecular weight is 470 g/mol. The molecule has 1 aliphatic heterocycles. The summed E-state index contributed by atoms with van der Waals surface area (Å²) in [6.07, 6.45) is 5.46. The topological polar surface area (TPSA) is 86.9 Å². The van der Waals surface area contributed by atoms with Crippen LogP contribution in [0.15, 0.2) is 27.8 Å². The lowest BCUT2D eigenvalue weighted by Gasteiger charge is -2.21. The first-order valence-corrected chi connectivity index (χ1v) is 9.87. The van der Waals surface area contributed by atoms with Crippen molar-refractivity contribution in [3.63, 3.8) is 0 Å². The van der Waals surface area contributed by atoms with Gasteiger partial charge in [-0.15, -0.1) is 24.0 Å². The minimum Gasteiger partial charge on any atom is -0.469 e. The Morgan fingerprint density at radius 3 is 2.88 bits per heavy atom. The number of hydrogen-bond acceptors (Lipinski definition) is 4. The summed E-state index contributed by atoms with van der Waals surface area (Å²) in [5, 5.41) is 6.43. The van der Waals surface area contributed by atoms with Crippen LogP contribution >= 0.6 is 24.0 Å². The highest BCUT2D eigenvalue weighted by Gasteiger charge is 2.31. The van der Waals surface area contributed by atoms with E-state index in [2.05, 4.69) is 15.6 Å². The standard InChI is InChI=1S/C15H26N4O3S.HI/c1-3-16-15(17-9-8-14-7-5-11-22-14)18-12-13-6-4-10-19(13)23(2,20)21;/h5,7,11,13H,3-4,6,8-10,12H2,1-2H3,(H2,16,17,18);1H/t13-;/m1./s1. The number of furan rings is 1. The Morgan fingerprint density at radius 2 is 2.25 bits per heavy atom. The van der Waals surface area contributed by atoms with E-state index in [1.54, 1.807) is 10.6 Å². The lowest BCUT2D eigenvalue weighted by atomic mass is 10.2. The van der Waals surface area contributed by atoms with Crippen LogP contribution in [0, 0.1) is 0 Å². The molecule has 0 bridgehead atoms. The van der Waals surface area contributed by atoms with Gasteiger partial charge < -0.3 is 15.1 Å². The summed E-state index contributed by atoms with van der Waals surface area (Å²) >= 11 is 0. The minimum absolute atomic E-state index is 0. The molecule has 7 nitrogen and oxygen atoms in total. The van der Waals surface area contributed by atoms with Gasteiger partial charge in [0.25, 0.3) is 0 Å². The smallest absolute Gasteiger partial charge is 0.211 e. The van der Waals surface area contributed by atoms with Gasteiger partial charge in [0.05, 0.1) is 19.1 Å². The van der Waals surface area contributed by atoms with Crippen molar-refractivity contribution < 1.29 is 12.8 Å². The summed E-state index contributed by atoms with van der Waals surface area (Å²) in [7, 11) is -3.15. The first-order chi connectivity index (χ1) is 11.0. The number of rotatable bonds is 7. The third-order valence-corrected chi connectivity index (χ3v) is 5.13. The van der Waals surface area contributed by atoms with E-state index in [0.29, 0.717) is 25.6 Å². The van der Waals surface area contributed by atoms with Gasteiger partial charge in [-0.05, 0) is 31.9 Å². The van der Waals surface area contributed by atoms with Gasteiger partial charge in [-0.1, -0.05) is 0 Å². The number of aliphatic imine (C=N–C) groups is 1. The van der Waals surface area contributed by atoms with Crippen molar-refractivity contribution in [2.75, 3.05) is 32.4 Å². The molecule has 0 unspecified atom stereocenters. The van der Waals surface area contributed by atoms with E-state index in [9.17, 15) is 8.42 Å². The van der Waals surface area contributed by atoms with Crippen LogP contribution in [0.1, 0.15) is 25.5 Å². The van der Waals surface area contributed by atoms with E-state index in [-0.39, 0.29) is 30.0 Å². The maximum atomic E-state index is 11.8. The van der Waals surface area contributed by atoms with Gasteiger partial charge in [-0.2, -0.15) is 4.31 Å². The molecule has 24 heavy (non-hydrogen) atoms. The number of sulfonamides is 1. The highest BCUT2D eigenvalue weighted by Crippen LogP contribution is 2.20. The molecular formula is C15H27IN4O3S. The van der Waals surface area contributed by atoms with Crippen LogP contribution in [0.25, 0.3) is 0 Å². The molecule has 2 N–H and O–H groups in total. The molecule has 1 aliphatic rings. The Kier molecular flexibility index (Phi) is 9.06. The molecule has 1 aromatic heterocycles. The van der Waals surface area contributed by atoms with Gasteiger partial charge in [0.15, 0.2) is 5.96 Å². The molecule has 1 fully saturated rings. The Labute approximate surface area is 161 Å². The normalized spacial score (nSPS) is 19.1. The van der Waals surface area contributed by atoms with Crippen LogP contribution in [0.2, 0.25) is 0 Å². The first kappa shape index (κ1) is 21.2. The van der Waals surface area contributed by atoms with Crippen LogP contribution in [0.5, 0.6) is 0 Å². The third kappa shape index (κ3) is 6.60. The molecule has 0 radical (unpaired) electrons.